The van der Waals surface area contributed by atoms with Gasteiger partial charge in [0.25, 0.3) is 0 Å². The average Bonchev–Trinajstić information content (AvgIpc) is 3.49. The van der Waals surface area contributed by atoms with E-state index in [1.54, 1.807) is 0 Å². The second kappa shape index (κ2) is 14.0. The first-order valence-electron chi connectivity index (χ1n) is 11.9. The van der Waals surface area contributed by atoms with Crippen LogP contribution in [0.25, 0.3) is 0 Å². The molecule has 4 rings (SSSR count). The first-order chi connectivity index (χ1) is 17.1. The molecule has 0 aromatic heterocycles. The van der Waals surface area contributed by atoms with Crippen LogP contribution >= 0.6 is 24.4 Å². The smallest absolute Gasteiger partial charge is 0.373 e. The van der Waals surface area contributed by atoms with E-state index in [-0.39, 0.29) is 12.8 Å². The summed E-state index contributed by atoms with van der Waals surface area (Å²) in [6.07, 6.45) is 6.08. The lowest BCUT2D eigenvalue weighted by Gasteiger charge is -2.17. The van der Waals surface area contributed by atoms with Gasteiger partial charge in [0.2, 0.25) is 0 Å². The van der Waals surface area contributed by atoms with E-state index in [9.17, 15) is 5.11 Å². The van der Waals surface area contributed by atoms with E-state index in [1.807, 2.05) is 18.3 Å². The van der Waals surface area contributed by atoms with E-state index in [4.69, 9.17) is 34.0 Å². The summed E-state index contributed by atoms with van der Waals surface area (Å²) in [6.45, 7) is 11.0. The summed E-state index contributed by atoms with van der Waals surface area (Å²) in [6, 6.07) is 12.6. The molecule has 190 valence electrons. The van der Waals surface area contributed by atoms with Gasteiger partial charge in [0.1, 0.15) is 0 Å². The van der Waals surface area contributed by atoms with Gasteiger partial charge in [-0.3, -0.25) is 0 Å². The molecule has 7 heteroatoms. The van der Waals surface area contributed by atoms with Gasteiger partial charge in [0, 0.05) is 37.1 Å². The molecular formula is C29H34N2O3S2. The van der Waals surface area contributed by atoms with Crippen molar-refractivity contribution in [1.82, 2.24) is 10.6 Å². The number of aliphatic hydroxyl groups is 1. The van der Waals surface area contributed by atoms with Crippen molar-refractivity contribution in [3.8, 4) is 0 Å². The van der Waals surface area contributed by atoms with Gasteiger partial charge in [-0.1, -0.05) is 74.7 Å². The van der Waals surface area contributed by atoms with Gasteiger partial charge in [0.05, 0.1) is 16.6 Å². The van der Waals surface area contributed by atoms with Crippen LogP contribution in [-0.2, 0) is 16.2 Å². The highest BCUT2D eigenvalue weighted by atomic mass is 32.1. The monoisotopic (exact) mass is 522 g/mol. The standard InChI is InChI=1S/C14H17NOS.C14H17NS.CO2/c1-9-11(8-16)4-3-5-13(9)10(2)12-6-14(17)15-7-12;1-9-5-4-6-13(10(9)2)11(3)12-7-14(16)15-8-12;2-1-3/h3-5,7,10,16H,6,8H2,1-2H3,(H,15,17);4-6,8,11H,7H2,1-3H3,(H,15,16);. The minimum absolute atomic E-state index is 0.0993. The fourth-order valence-electron chi connectivity index (χ4n) is 4.46. The normalized spacial score (nSPS) is 15.6. The van der Waals surface area contributed by atoms with Gasteiger partial charge in [-0.05, 0) is 65.3 Å². The summed E-state index contributed by atoms with van der Waals surface area (Å²) in [4.78, 5) is 18.1. The maximum Gasteiger partial charge on any atom is 0.373 e. The van der Waals surface area contributed by atoms with E-state index in [2.05, 4.69) is 75.7 Å². The number of rotatable bonds is 5. The zero-order valence-electron chi connectivity index (χ0n) is 21.5. The van der Waals surface area contributed by atoms with Crippen molar-refractivity contribution < 1.29 is 14.7 Å². The van der Waals surface area contributed by atoms with E-state index in [0.29, 0.717) is 11.8 Å². The predicted molar refractivity (Wildman–Crippen MR) is 152 cm³/mol. The second-order valence-electron chi connectivity index (χ2n) is 9.03. The molecule has 5 nitrogen and oxygen atoms in total. The highest BCUT2D eigenvalue weighted by molar-refractivity contribution is 7.80. The first-order valence-corrected chi connectivity index (χ1v) is 12.7. The van der Waals surface area contributed by atoms with Crippen molar-refractivity contribution in [2.45, 2.75) is 65.9 Å². The molecule has 2 aromatic rings. The van der Waals surface area contributed by atoms with Crippen molar-refractivity contribution in [3.63, 3.8) is 0 Å². The Kier molecular flexibility index (Phi) is 11.3. The van der Waals surface area contributed by atoms with Crippen LogP contribution < -0.4 is 10.6 Å². The lowest BCUT2D eigenvalue weighted by Crippen LogP contribution is -2.06. The molecule has 2 heterocycles. The Bertz CT molecular complexity index is 1210. The number of carbonyl (C=O) groups excluding carboxylic acids is 2. The molecule has 0 spiro atoms. The predicted octanol–water partition coefficient (Wildman–Crippen LogP) is 5.82. The fraction of sp³-hybridized carbons (Fsp3) is 0.345. The quantitative estimate of drug-likeness (QED) is 0.427. The largest absolute Gasteiger partial charge is 0.392 e. The maximum atomic E-state index is 9.28. The molecule has 0 amide bonds. The van der Waals surface area contributed by atoms with Crippen molar-refractivity contribution >= 4 is 40.6 Å². The Labute approximate surface area is 224 Å². The fourth-order valence-corrected chi connectivity index (χ4v) is 4.91. The average molecular weight is 523 g/mol. The number of hydrogen-bond donors (Lipinski definition) is 3. The van der Waals surface area contributed by atoms with Crippen molar-refractivity contribution in [2.24, 2.45) is 0 Å². The number of hydrogen-bond acceptors (Lipinski definition) is 5. The Morgan fingerprint density at radius 1 is 0.833 bits per heavy atom. The summed E-state index contributed by atoms with van der Waals surface area (Å²) in [5, 5.41) is 15.5. The minimum Gasteiger partial charge on any atom is -0.392 e. The molecule has 0 aliphatic carbocycles. The summed E-state index contributed by atoms with van der Waals surface area (Å²) in [5.74, 6) is 0.794. The molecule has 2 aliphatic heterocycles. The van der Waals surface area contributed by atoms with Crippen LogP contribution in [0, 0.1) is 20.8 Å². The van der Waals surface area contributed by atoms with Gasteiger partial charge < -0.3 is 15.7 Å². The maximum absolute atomic E-state index is 9.28. The lowest BCUT2D eigenvalue weighted by atomic mass is 9.88. The number of aliphatic hydroxyl groups excluding tert-OH is 1. The molecule has 2 aliphatic rings. The van der Waals surface area contributed by atoms with Gasteiger partial charge >= 0.3 is 6.15 Å². The summed E-state index contributed by atoms with van der Waals surface area (Å²) < 4.78 is 0. The van der Waals surface area contributed by atoms with Crippen LogP contribution in [0.5, 0.6) is 0 Å². The minimum atomic E-state index is 0.0993. The van der Waals surface area contributed by atoms with Crippen LogP contribution in [0.3, 0.4) is 0 Å². The van der Waals surface area contributed by atoms with Gasteiger partial charge in [-0.25, -0.2) is 0 Å². The molecule has 2 atom stereocenters. The molecule has 36 heavy (non-hydrogen) atoms. The summed E-state index contributed by atoms with van der Waals surface area (Å²) >= 11 is 10.3. The van der Waals surface area contributed by atoms with E-state index in [1.165, 1.54) is 39.0 Å². The van der Waals surface area contributed by atoms with E-state index in [0.717, 1.165) is 28.4 Å². The lowest BCUT2D eigenvalue weighted by molar-refractivity contribution is -0.191. The van der Waals surface area contributed by atoms with Crippen molar-refractivity contribution in [1.29, 1.82) is 0 Å². The number of benzene rings is 2. The molecule has 0 radical (unpaired) electrons. The highest BCUT2D eigenvalue weighted by Crippen LogP contribution is 2.32. The zero-order chi connectivity index (χ0) is 26.8. The molecular weight excluding hydrogens is 488 g/mol. The SMILES string of the molecule is Cc1c(CO)cccc1C(C)C1=CNC(=S)C1.Cc1cccc(C(C)C2=CNC(=S)C2)c1C.O=C=O. The van der Waals surface area contributed by atoms with Crippen molar-refractivity contribution in [3.05, 3.63) is 93.3 Å². The molecule has 2 unspecified atom stereocenters. The Morgan fingerprint density at radius 3 is 1.69 bits per heavy atom. The van der Waals surface area contributed by atoms with Crippen LogP contribution in [0.1, 0.15) is 71.9 Å². The third-order valence-electron chi connectivity index (χ3n) is 6.92. The number of aryl methyl sites for hydroxylation is 1. The molecule has 0 saturated heterocycles. The third-order valence-corrected chi connectivity index (χ3v) is 7.44. The Hall–Kier alpha value is -2.96. The molecule has 0 fully saturated rings. The molecule has 0 saturated carbocycles. The van der Waals surface area contributed by atoms with Gasteiger partial charge in [-0.2, -0.15) is 9.59 Å². The number of thiocarbonyl (C=S) groups is 2. The van der Waals surface area contributed by atoms with Crippen LogP contribution in [0.2, 0.25) is 0 Å². The Morgan fingerprint density at radius 2 is 1.28 bits per heavy atom. The second-order valence-corrected chi connectivity index (χ2v) is 10.0. The topological polar surface area (TPSA) is 78.4 Å². The zero-order valence-corrected chi connectivity index (χ0v) is 23.1. The number of nitrogens with one attached hydrogen (secondary N) is 2. The van der Waals surface area contributed by atoms with Crippen LogP contribution in [0.4, 0.5) is 0 Å². The molecule has 3 N–H and O–H groups in total. The Balaban J connectivity index is 0.000000229. The highest BCUT2D eigenvalue weighted by Gasteiger charge is 2.20. The molecule has 0 bridgehead atoms. The first kappa shape index (κ1) is 29.3. The van der Waals surface area contributed by atoms with E-state index < -0.39 is 0 Å². The van der Waals surface area contributed by atoms with Crippen LogP contribution in [0.15, 0.2) is 59.9 Å². The van der Waals surface area contributed by atoms with Gasteiger partial charge in [0.15, 0.2) is 0 Å². The van der Waals surface area contributed by atoms with E-state index >= 15 is 0 Å². The summed E-state index contributed by atoms with van der Waals surface area (Å²) in [5.41, 5.74) is 10.3. The van der Waals surface area contributed by atoms with Crippen molar-refractivity contribution in [2.75, 3.05) is 0 Å². The summed E-state index contributed by atoms with van der Waals surface area (Å²) in [7, 11) is 0. The van der Waals surface area contributed by atoms with Crippen LogP contribution in [-0.4, -0.2) is 21.2 Å². The molecule has 2 aromatic carbocycles. The van der Waals surface area contributed by atoms with Gasteiger partial charge in [-0.15, -0.1) is 0 Å². The third kappa shape index (κ3) is 7.52.